The Bertz CT molecular complexity index is 3240. The molecule has 11 rings (SSSR count). The lowest BCUT2D eigenvalue weighted by atomic mass is 9.89. The number of hydrogen-bond donors (Lipinski definition) is 0. The van der Waals surface area contributed by atoms with Gasteiger partial charge in [0.15, 0.2) is 0 Å². The summed E-state index contributed by atoms with van der Waals surface area (Å²) >= 11 is 0. The van der Waals surface area contributed by atoms with E-state index in [1.807, 2.05) is 0 Å². The number of rotatable bonds is 7. The highest BCUT2D eigenvalue weighted by Gasteiger charge is 2.18. The van der Waals surface area contributed by atoms with Gasteiger partial charge in [-0.05, 0) is 124 Å². The van der Waals surface area contributed by atoms with Gasteiger partial charge in [0.05, 0.1) is 0 Å². The van der Waals surface area contributed by atoms with Crippen LogP contribution in [0.5, 0.6) is 0 Å². The summed E-state index contributed by atoms with van der Waals surface area (Å²) in [7, 11) is 0. The van der Waals surface area contributed by atoms with Gasteiger partial charge in [0.25, 0.3) is 0 Å². The van der Waals surface area contributed by atoms with Gasteiger partial charge >= 0.3 is 0 Å². The largest absolute Gasteiger partial charge is 0.310 e. The minimum absolute atomic E-state index is 1.10. The summed E-state index contributed by atoms with van der Waals surface area (Å²) in [5.41, 5.74) is 13.0. The van der Waals surface area contributed by atoms with Gasteiger partial charge in [0.2, 0.25) is 0 Å². The molecule has 0 amide bonds. The smallest absolute Gasteiger partial charge is 0.0468 e. The topological polar surface area (TPSA) is 3.24 Å². The van der Waals surface area contributed by atoms with Crippen LogP contribution >= 0.6 is 0 Å². The maximum Gasteiger partial charge on any atom is 0.0468 e. The molecule has 1 heteroatoms. The Labute approximate surface area is 344 Å². The van der Waals surface area contributed by atoms with Crippen LogP contribution in [0.2, 0.25) is 0 Å². The minimum Gasteiger partial charge on any atom is -0.310 e. The van der Waals surface area contributed by atoms with E-state index in [1.165, 1.54) is 87.6 Å². The number of nitrogens with zero attached hydrogens (tertiary/aromatic N) is 1. The predicted molar refractivity (Wildman–Crippen MR) is 253 cm³/mol. The molecule has 0 aliphatic rings. The summed E-state index contributed by atoms with van der Waals surface area (Å²) in [6, 6.07) is 86.2. The molecule has 0 atom stereocenters. The second-order valence-electron chi connectivity index (χ2n) is 15.3. The number of anilines is 3. The molecule has 0 N–H and O–H groups in total. The van der Waals surface area contributed by atoms with Gasteiger partial charge in [0, 0.05) is 17.1 Å². The molecule has 0 saturated carbocycles. The zero-order chi connectivity index (χ0) is 39.1. The monoisotopic (exact) mass is 749 g/mol. The van der Waals surface area contributed by atoms with Crippen LogP contribution in [0.4, 0.5) is 17.1 Å². The van der Waals surface area contributed by atoms with E-state index in [0.29, 0.717) is 0 Å². The summed E-state index contributed by atoms with van der Waals surface area (Å²) in [6.07, 6.45) is 0. The van der Waals surface area contributed by atoms with Gasteiger partial charge in [-0.1, -0.05) is 200 Å². The molecule has 0 aliphatic heterocycles. The summed E-state index contributed by atoms with van der Waals surface area (Å²) in [6.45, 7) is 0. The van der Waals surface area contributed by atoms with E-state index in [4.69, 9.17) is 0 Å². The number of hydrogen-bond acceptors (Lipinski definition) is 1. The highest BCUT2D eigenvalue weighted by molar-refractivity contribution is 6.25. The molecule has 0 heterocycles. The number of fused-ring (bicyclic) bond motifs is 7. The van der Waals surface area contributed by atoms with Crippen molar-refractivity contribution in [1.82, 2.24) is 0 Å². The van der Waals surface area contributed by atoms with Gasteiger partial charge < -0.3 is 4.90 Å². The fourth-order valence-electron chi connectivity index (χ4n) is 8.99. The molecule has 0 fully saturated rings. The van der Waals surface area contributed by atoms with Crippen LogP contribution in [0.3, 0.4) is 0 Å². The van der Waals surface area contributed by atoms with Crippen LogP contribution in [-0.2, 0) is 0 Å². The first-order chi connectivity index (χ1) is 29.3. The van der Waals surface area contributed by atoms with Crippen molar-refractivity contribution in [3.05, 3.63) is 237 Å². The SMILES string of the molecule is c1ccc(-c2ccc(-c3ccc(N(c4ccc(-c5ccc6ccccc6c5-c5ccccc5)cc4)c4ccc5c6ccccc6c6ccccc6c5c4)cc3)cc2)cc1. The number of benzene rings is 11. The first-order valence-electron chi connectivity index (χ1n) is 20.3. The normalized spacial score (nSPS) is 11.4. The lowest BCUT2D eigenvalue weighted by molar-refractivity contribution is 1.29. The molecule has 11 aromatic carbocycles. The van der Waals surface area contributed by atoms with Crippen molar-refractivity contribution in [2.24, 2.45) is 0 Å². The molecule has 59 heavy (non-hydrogen) atoms. The van der Waals surface area contributed by atoms with Crippen LogP contribution < -0.4 is 4.90 Å². The molecule has 11 aromatic rings. The van der Waals surface area contributed by atoms with Crippen molar-refractivity contribution in [3.8, 4) is 44.5 Å². The van der Waals surface area contributed by atoms with E-state index >= 15 is 0 Å². The Morgan fingerprint density at radius 3 is 1.17 bits per heavy atom. The Hall–Kier alpha value is -7.74. The third-order valence-electron chi connectivity index (χ3n) is 11.9. The van der Waals surface area contributed by atoms with Gasteiger partial charge in [-0.25, -0.2) is 0 Å². The summed E-state index contributed by atoms with van der Waals surface area (Å²) in [5, 5.41) is 10.1. The van der Waals surface area contributed by atoms with Crippen LogP contribution in [0, 0.1) is 0 Å². The third kappa shape index (κ3) is 6.21. The molecule has 0 aliphatic carbocycles. The van der Waals surface area contributed by atoms with Crippen molar-refractivity contribution in [2.45, 2.75) is 0 Å². The maximum absolute atomic E-state index is 2.40. The second-order valence-corrected chi connectivity index (χ2v) is 15.3. The molecular weight excluding hydrogens is 711 g/mol. The average molecular weight is 750 g/mol. The van der Waals surface area contributed by atoms with Gasteiger partial charge in [-0.2, -0.15) is 0 Å². The molecular formula is C58H39N. The standard InChI is InChI=1S/C58H39N/c1-3-13-40(14-4-1)41-23-25-42(26-24-41)43-27-32-47(33-28-43)59(49-36-38-56-54-21-10-9-19-52(54)53-20-11-12-22-55(53)57(56)39-49)48-34-29-45(30-35-48)51-37-31-44-15-7-8-18-50(44)58(51)46-16-5-2-6-17-46/h1-39H. The highest BCUT2D eigenvalue weighted by Crippen LogP contribution is 2.43. The van der Waals surface area contributed by atoms with Crippen molar-refractivity contribution in [2.75, 3.05) is 4.90 Å². The lowest BCUT2D eigenvalue weighted by Crippen LogP contribution is -2.10. The predicted octanol–water partition coefficient (Wildman–Crippen LogP) is 16.4. The van der Waals surface area contributed by atoms with Crippen LogP contribution in [-0.4, -0.2) is 0 Å². The van der Waals surface area contributed by atoms with Crippen molar-refractivity contribution < 1.29 is 0 Å². The zero-order valence-corrected chi connectivity index (χ0v) is 32.5. The van der Waals surface area contributed by atoms with Crippen molar-refractivity contribution >= 4 is 60.2 Å². The fraction of sp³-hybridized carbons (Fsp3) is 0. The molecule has 1 nitrogen and oxygen atoms in total. The Kier molecular flexibility index (Phi) is 8.56. The average Bonchev–Trinajstić information content (AvgIpc) is 3.32. The molecule has 0 saturated heterocycles. The summed E-state index contributed by atoms with van der Waals surface area (Å²) < 4.78 is 0. The fourth-order valence-corrected chi connectivity index (χ4v) is 8.99. The first kappa shape index (κ1) is 34.5. The van der Waals surface area contributed by atoms with Crippen LogP contribution in [0.25, 0.3) is 87.6 Å². The lowest BCUT2D eigenvalue weighted by Gasteiger charge is -2.27. The molecule has 0 spiro atoms. The summed E-state index contributed by atoms with van der Waals surface area (Å²) in [4.78, 5) is 2.40. The first-order valence-corrected chi connectivity index (χ1v) is 20.3. The second kappa shape index (κ2) is 14.6. The minimum atomic E-state index is 1.10. The summed E-state index contributed by atoms with van der Waals surface area (Å²) in [5.74, 6) is 0. The molecule has 276 valence electrons. The molecule has 0 radical (unpaired) electrons. The zero-order valence-electron chi connectivity index (χ0n) is 32.5. The van der Waals surface area contributed by atoms with Crippen LogP contribution in [0.1, 0.15) is 0 Å². The Morgan fingerprint density at radius 2 is 0.610 bits per heavy atom. The van der Waals surface area contributed by atoms with E-state index in [1.54, 1.807) is 0 Å². The van der Waals surface area contributed by atoms with Gasteiger partial charge in [-0.3, -0.25) is 0 Å². The van der Waals surface area contributed by atoms with Crippen molar-refractivity contribution in [3.63, 3.8) is 0 Å². The van der Waals surface area contributed by atoms with E-state index < -0.39 is 0 Å². The van der Waals surface area contributed by atoms with Gasteiger partial charge in [0.1, 0.15) is 0 Å². The van der Waals surface area contributed by atoms with E-state index in [2.05, 4.69) is 241 Å². The quantitative estimate of drug-likeness (QED) is 0.147. The molecule has 0 unspecified atom stereocenters. The maximum atomic E-state index is 2.40. The van der Waals surface area contributed by atoms with Crippen LogP contribution in [0.15, 0.2) is 237 Å². The van der Waals surface area contributed by atoms with E-state index in [-0.39, 0.29) is 0 Å². The molecule has 0 bridgehead atoms. The van der Waals surface area contributed by atoms with Crippen molar-refractivity contribution in [1.29, 1.82) is 0 Å². The molecule has 0 aromatic heterocycles. The Balaban J connectivity index is 1.04. The van der Waals surface area contributed by atoms with E-state index in [9.17, 15) is 0 Å². The van der Waals surface area contributed by atoms with E-state index in [0.717, 1.165) is 17.1 Å². The Morgan fingerprint density at radius 1 is 0.220 bits per heavy atom. The highest BCUT2D eigenvalue weighted by atomic mass is 15.1. The van der Waals surface area contributed by atoms with Gasteiger partial charge in [-0.15, -0.1) is 0 Å². The third-order valence-corrected chi connectivity index (χ3v) is 11.9.